The van der Waals surface area contributed by atoms with Gasteiger partial charge in [-0.3, -0.25) is 4.79 Å². The van der Waals surface area contributed by atoms with E-state index in [-0.39, 0.29) is 12.1 Å². The number of nitrogens with one attached hydrogen (secondary N) is 2. The molecule has 4 rings (SSSR count). The third-order valence-electron chi connectivity index (χ3n) is 5.77. The van der Waals surface area contributed by atoms with E-state index in [4.69, 9.17) is 4.74 Å². The first-order valence-electron chi connectivity index (χ1n) is 9.33. The number of benzene rings is 1. The van der Waals surface area contributed by atoms with E-state index in [0.717, 1.165) is 45.6 Å². The van der Waals surface area contributed by atoms with Gasteiger partial charge in [0.05, 0.1) is 12.7 Å². The van der Waals surface area contributed by atoms with Crippen LogP contribution in [0.3, 0.4) is 0 Å². The van der Waals surface area contributed by atoms with Crippen LogP contribution in [0.15, 0.2) is 22.7 Å². The Kier molecular flexibility index (Phi) is 4.75. The van der Waals surface area contributed by atoms with E-state index in [0.29, 0.717) is 11.3 Å². The molecule has 1 aliphatic heterocycles. The largest absolute Gasteiger partial charge is 0.496 e. The van der Waals surface area contributed by atoms with Crippen LogP contribution in [0.25, 0.3) is 0 Å². The van der Waals surface area contributed by atoms with E-state index in [9.17, 15) is 4.79 Å². The van der Waals surface area contributed by atoms with E-state index >= 15 is 0 Å². The van der Waals surface area contributed by atoms with Crippen LogP contribution in [0.5, 0.6) is 5.75 Å². The summed E-state index contributed by atoms with van der Waals surface area (Å²) in [5.74, 6) is 1.44. The standard InChI is InChI=1S/C21H25BrN2O2S/c1-21(2,3)11-5-7-13-16(9-11)27-20-17(13)19(25)23-18(24-20)14-10-12(22)6-8-15(14)26-4/h6,8,10-11,18,24H,5,7,9H2,1-4H3,(H,23,25)/t11-,18-/m0/s1. The Morgan fingerprint density at radius 2 is 2.04 bits per heavy atom. The molecule has 2 N–H and O–H groups in total. The van der Waals surface area contributed by atoms with Crippen molar-refractivity contribution in [3.8, 4) is 5.75 Å². The maximum absolute atomic E-state index is 13.0. The van der Waals surface area contributed by atoms with Gasteiger partial charge in [0.25, 0.3) is 5.91 Å². The van der Waals surface area contributed by atoms with Gasteiger partial charge >= 0.3 is 0 Å². The molecular formula is C21H25BrN2O2S. The quantitative estimate of drug-likeness (QED) is 0.635. The predicted octanol–water partition coefficient (Wildman–Crippen LogP) is 5.52. The molecule has 1 aromatic heterocycles. The second-order valence-electron chi connectivity index (χ2n) is 8.45. The van der Waals surface area contributed by atoms with Crippen LogP contribution in [-0.2, 0) is 12.8 Å². The number of fused-ring (bicyclic) bond motifs is 3. The Bertz CT molecular complexity index is 900. The third-order valence-corrected chi connectivity index (χ3v) is 7.45. The maximum atomic E-state index is 13.0. The first kappa shape index (κ1) is 18.8. The van der Waals surface area contributed by atoms with Gasteiger partial charge in [-0.2, -0.15) is 0 Å². The van der Waals surface area contributed by atoms with Gasteiger partial charge < -0.3 is 15.4 Å². The number of hydrogen-bond donors (Lipinski definition) is 2. The van der Waals surface area contributed by atoms with Crippen molar-refractivity contribution in [3.05, 3.63) is 44.2 Å². The Hall–Kier alpha value is -1.53. The highest BCUT2D eigenvalue weighted by molar-refractivity contribution is 9.10. The van der Waals surface area contributed by atoms with Gasteiger partial charge in [-0.15, -0.1) is 11.3 Å². The number of halogens is 1. The van der Waals surface area contributed by atoms with Crippen molar-refractivity contribution < 1.29 is 9.53 Å². The highest BCUT2D eigenvalue weighted by atomic mass is 79.9. The van der Waals surface area contributed by atoms with Gasteiger partial charge in [-0.25, -0.2) is 0 Å². The van der Waals surface area contributed by atoms with Crippen molar-refractivity contribution in [2.45, 2.75) is 46.2 Å². The Labute approximate surface area is 172 Å². The number of carbonyl (C=O) groups excluding carboxylic acids is 1. The SMILES string of the molecule is COc1ccc(Br)cc1[C@H]1NC(=O)c2c(sc3c2CC[C@H](C(C)(C)C)C3)N1. The first-order chi connectivity index (χ1) is 12.8. The summed E-state index contributed by atoms with van der Waals surface area (Å²) in [5, 5.41) is 7.66. The molecule has 2 heterocycles. The minimum Gasteiger partial charge on any atom is -0.496 e. The fraction of sp³-hybridized carbons (Fsp3) is 0.476. The molecule has 0 saturated heterocycles. The summed E-state index contributed by atoms with van der Waals surface area (Å²) in [4.78, 5) is 14.3. The number of carbonyl (C=O) groups is 1. The van der Waals surface area contributed by atoms with Crippen molar-refractivity contribution in [3.63, 3.8) is 0 Å². The number of amides is 1. The summed E-state index contributed by atoms with van der Waals surface area (Å²) in [6.07, 6.45) is 2.91. The van der Waals surface area contributed by atoms with E-state index in [1.54, 1.807) is 18.4 Å². The molecule has 27 heavy (non-hydrogen) atoms. The van der Waals surface area contributed by atoms with Gasteiger partial charge in [0, 0.05) is 14.9 Å². The van der Waals surface area contributed by atoms with E-state index < -0.39 is 0 Å². The molecule has 0 fully saturated rings. The van der Waals surface area contributed by atoms with Crippen LogP contribution in [-0.4, -0.2) is 13.0 Å². The zero-order valence-corrected chi connectivity index (χ0v) is 18.5. The lowest BCUT2D eigenvalue weighted by Gasteiger charge is -2.34. The molecule has 2 atom stereocenters. The molecule has 1 amide bonds. The van der Waals surface area contributed by atoms with Crippen molar-refractivity contribution in [2.75, 3.05) is 12.4 Å². The smallest absolute Gasteiger partial charge is 0.256 e. The van der Waals surface area contributed by atoms with Gasteiger partial charge in [-0.1, -0.05) is 36.7 Å². The molecule has 0 spiro atoms. The average Bonchev–Trinajstić information content (AvgIpc) is 2.98. The highest BCUT2D eigenvalue weighted by Gasteiger charge is 2.37. The molecule has 1 aromatic carbocycles. The lowest BCUT2D eigenvalue weighted by molar-refractivity contribution is 0.0934. The molecule has 0 unspecified atom stereocenters. The molecule has 4 nitrogen and oxygen atoms in total. The summed E-state index contributed by atoms with van der Waals surface area (Å²) >= 11 is 5.27. The van der Waals surface area contributed by atoms with Crippen molar-refractivity contribution >= 4 is 38.2 Å². The summed E-state index contributed by atoms with van der Waals surface area (Å²) in [6, 6.07) is 5.84. The second-order valence-corrected chi connectivity index (χ2v) is 10.5. The first-order valence-corrected chi connectivity index (χ1v) is 10.9. The van der Waals surface area contributed by atoms with Crippen molar-refractivity contribution in [2.24, 2.45) is 11.3 Å². The number of methoxy groups -OCH3 is 1. The molecule has 144 valence electrons. The van der Waals surface area contributed by atoms with Crippen LogP contribution in [0.2, 0.25) is 0 Å². The Morgan fingerprint density at radius 3 is 2.74 bits per heavy atom. The number of ether oxygens (including phenoxy) is 1. The van der Waals surface area contributed by atoms with Crippen LogP contribution in [0.1, 0.15) is 59.7 Å². The van der Waals surface area contributed by atoms with E-state index in [1.807, 2.05) is 18.2 Å². The zero-order valence-electron chi connectivity index (χ0n) is 16.1. The summed E-state index contributed by atoms with van der Waals surface area (Å²) in [6.45, 7) is 6.95. The number of rotatable bonds is 2. The van der Waals surface area contributed by atoms with Crippen LogP contribution >= 0.6 is 27.3 Å². The van der Waals surface area contributed by atoms with Gasteiger partial charge in [0.15, 0.2) is 0 Å². The minimum absolute atomic E-state index is 0.0162. The number of thiophene rings is 1. The van der Waals surface area contributed by atoms with Crippen LogP contribution in [0, 0.1) is 11.3 Å². The molecule has 6 heteroatoms. The molecule has 0 radical (unpaired) electrons. The van der Waals surface area contributed by atoms with Gasteiger partial charge in [-0.05, 0) is 54.4 Å². The molecule has 0 bridgehead atoms. The number of hydrogen-bond acceptors (Lipinski definition) is 4. The lowest BCUT2D eigenvalue weighted by atomic mass is 9.72. The normalized spacial score (nSPS) is 21.7. The Morgan fingerprint density at radius 1 is 1.26 bits per heavy atom. The predicted molar refractivity (Wildman–Crippen MR) is 114 cm³/mol. The monoisotopic (exact) mass is 448 g/mol. The number of anilines is 1. The fourth-order valence-electron chi connectivity index (χ4n) is 4.12. The Balaban J connectivity index is 1.68. The fourth-order valence-corrected chi connectivity index (χ4v) is 5.86. The van der Waals surface area contributed by atoms with Crippen molar-refractivity contribution in [1.82, 2.24) is 5.32 Å². The molecule has 2 aromatic rings. The zero-order chi connectivity index (χ0) is 19.3. The maximum Gasteiger partial charge on any atom is 0.256 e. The van der Waals surface area contributed by atoms with Gasteiger partial charge in [0.2, 0.25) is 0 Å². The van der Waals surface area contributed by atoms with E-state index in [1.165, 1.54) is 10.4 Å². The van der Waals surface area contributed by atoms with E-state index in [2.05, 4.69) is 47.3 Å². The average molecular weight is 449 g/mol. The summed E-state index contributed by atoms with van der Waals surface area (Å²) in [7, 11) is 1.65. The summed E-state index contributed by atoms with van der Waals surface area (Å²) < 4.78 is 6.46. The summed E-state index contributed by atoms with van der Waals surface area (Å²) in [5.41, 5.74) is 3.32. The van der Waals surface area contributed by atoms with Gasteiger partial charge in [0.1, 0.15) is 16.9 Å². The molecule has 0 saturated carbocycles. The third kappa shape index (κ3) is 3.38. The lowest BCUT2D eigenvalue weighted by Crippen LogP contribution is -2.38. The second kappa shape index (κ2) is 6.82. The minimum atomic E-state index is -0.295. The van der Waals surface area contributed by atoms with Crippen LogP contribution < -0.4 is 15.4 Å². The molecule has 1 aliphatic carbocycles. The highest BCUT2D eigenvalue weighted by Crippen LogP contribution is 2.46. The molecular weight excluding hydrogens is 424 g/mol. The topological polar surface area (TPSA) is 50.4 Å². The van der Waals surface area contributed by atoms with Crippen molar-refractivity contribution in [1.29, 1.82) is 0 Å². The van der Waals surface area contributed by atoms with Crippen LogP contribution in [0.4, 0.5) is 5.00 Å². The molecule has 2 aliphatic rings.